The molecule has 0 aliphatic heterocycles. The van der Waals surface area contributed by atoms with Gasteiger partial charge in [0.2, 0.25) is 0 Å². The van der Waals surface area contributed by atoms with Crippen LogP contribution in [0.4, 0.5) is 0 Å². The average Bonchev–Trinajstić information content (AvgIpc) is 2.97. The van der Waals surface area contributed by atoms with Crippen LogP contribution in [0.15, 0.2) is 33.4 Å². The third-order valence-corrected chi connectivity index (χ3v) is 4.47. The van der Waals surface area contributed by atoms with Gasteiger partial charge in [-0.1, -0.05) is 53.4 Å². The Morgan fingerprint density at radius 3 is 0.885 bits per heavy atom. The fourth-order valence-electron chi connectivity index (χ4n) is 2.32. The molecule has 0 heterocycles. The van der Waals surface area contributed by atoms with E-state index in [0.717, 1.165) is 0 Å². The van der Waals surface area contributed by atoms with Crippen LogP contribution in [0.1, 0.15) is 69.2 Å². The SMILES string of the molecule is CC1=[C-]C(C)C(C)=C1C.CC1=[C-]C(C)C(C)=C1C.Cl.Cl.[CH2-]C.[CH2-]C.[SiH2]=[Zr]. The molecule has 0 amide bonds. The van der Waals surface area contributed by atoms with E-state index in [1.807, 2.05) is 6.88 Å². The summed E-state index contributed by atoms with van der Waals surface area (Å²) in [6, 6.07) is 0. The van der Waals surface area contributed by atoms with Crippen LogP contribution in [0.25, 0.3) is 0 Å². The fraction of sp³-hybridized carbons (Fsp3) is 0.545. The molecular weight excluding hydrogens is 454 g/mol. The molecule has 2 atom stereocenters. The first-order chi connectivity index (χ1) is 11.3. The molecule has 0 aromatic heterocycles. The topological polar surface area (TPSA) is 0 Å². The molecule has 0 aromatic rings. The van der Waals surface area contributed by atoms with Crippen molar-refractivity contribution in [2.45, 2.75) is 69.2 Å². The third-order valence-electron chi connectivity index (χ3n) is 4.47. The molecule has 2 rings (SSSR count). The molecule has 0 nitrogen and oxygen atoms in total. The minimum atomic E-state index is 0. The van der Waals surface area contributed by atoms with Crippen molar-refractivity contribution in [1.82, 2.24) is 0 Å². The Labute approximate surface area is 194 Å². The average molecular weight is 495 g/mol. The molecule has 0 N–H and O–H groups in total. The number of hydrogen-bond donors (Lipinski definition) is 0. The summed E-state index contributed by atoms with van der Waals surface area (Å²) in [6.07, 6.45) is 6.72. The molecule has 26 heavy (non-hydrogen) atoms. The van der Waals surface area contributed by atoms with Gasteiger partial charge in [0.1, 0.15) is 0 Å². The zero-order valence-electron chi connectivity index (χ0n) is 18.6. The summed E-state index contributed by atoms with van der Waals surface area (Å²) in [5.41, 5.74) is 8.49. The van der Waals surface area contributed by atoms with Gasteiger partial charge in [0.15, 0.2) is 0 Å². The molecule has 0 fully saturated rings. The molecule has 2 aliphatic rings. The monoisotopic (exact) mass is 492 g/mol. The van der Waals surface area contributed by atoms with Crippen LogP contribution in [0.5, 0.6) is 0 Å². The van der Waals surface area contributed by atoms with Gasteiger partial charge in [0.25, 0.3) is 0 Å². The minimum absolute atomic E-state index is 0. The van der Waals surface area contributed by atoms with Crippen molar-refractivity contribution >= 4 is 31.7 Å². The van der Waals surface area contributed by atoms with Gasteiger partial charge >= 0.3 is 30.2 Å². The van der Waals surface area contributed by atoms with Crippen LogP contribution in [0.3, 0.4) is 0 Å². The van der Waals surface area contributed by atoms with Gasteiger partial charge in [-0.2, -0.15) is 36.1 Å². The van der Waals surface area contributed by atoms with Gasteiger partial charge in [0, 0.05) is 0 Å². The van der Waals surface area contributed by atoms with E-state index in [-0.39, 0.29) is 24.8 Å². The second kappa shape index (κ2) is 21.9. The quantitative estimate of drug-likeness (QED) is 0.250. The summed E-state index contributed by atoms with van der Waals surface area (Å²) in [5, 5.41) is 0. The van der Waals surface area contributed by atoms with E-state index in [1.54, 1.807) is 37.2 Å². The van der Waals surface area contributed by atoms with Crippen LogP contribution in [-0.2, 0) is 23.3 Å². The van der Waals surface area contributed by atoms with Crippen molar-refractivity contribution in [2.24, 2.45) is 11.8 Å². The summed E-state index contributed by atoms with van der Waals surface area (Å²) >= 11 is 1.58. The number of allylic oxidation sites excluding steroid dienone is 8. The second-order valence-electron chi connectivity index (χ2n) is 5.60. The maximum absolute atomic E-state index is 3.36. The van der Waals surface area contributed by atoms with Crippen LogP contribution in [0, 0.1) is 37.8 Å². The van der Waals surface area contributed by atoms with Gasteiger partial charge in [0.05, 0.1) is 0 Å². The zero-order chi connectivity index (χ0) is 20.0. The predicted octanol–water partition coefficient (Wildman–Crippen LogP) is 7.05. The van der Waals surface area contributed by atoms with Crippen LogP contribution in [-0.4, -0.2) is 6.88 Å². The molecule has 4 heteroatoms. The Morgan fingerprint density at radius 2 is 0.846 bits per heavy atom. The van der Waals surface area contributed by atoms with Gasteiger partial charge in [-0.25, -0.2) is 11.1 Å². The summed E-state index contributed by atoms with van der Waals surface area (Å²) in [5.74, 6) is 1.12. The Hall–Kier alpha value is 0.640. The molecule has 154 valence electrons. The van der Waals surface area contributed by atoms with Gasteiger partial charge in [-0.3, -0.25) is 12.2 Å². The summed E-state index contributed by atoms with van der Waals surface area (Å²) in [6.45, 7) is 29.3. The van der Waals surface area contributed by atoms with Gasteiger partial charge < -0.3 is 13.8 Å². The van der Waals surface area contributed by atoms with Crippen molar-refractivity contribution in [3.05, 3.63) is 59.4 Å². The summed E-state index contributed by atoms with van der Waals surface area (Å²) in [7, 11) is 0. The Morgan fingerprint density at radius 1 is 0.654 bits per heavy atom. The zero-order valence-corrected chi connectivity index (χ0v) is 24.1. The molecule has 2 aliphatic carbocycles. The van der Waals surface area contributed by atoms with Crippen molar-refractivity contribution in [1.29, 1.82) is 0 Å². The molecular formula is C22H40Cl2SiZr-4. The van der Waals surface area contributed by atoms with Crippen molar-refractivity contribution in [3.63, 3.8) is 0 Å². The first-order valence-corrected chi connectivity index (χ1v) is 14.5. The number of hydrogen-bond acceptors (Lipinski definition) is 0. The maximum atomic E-state index is 3.36. The first kappa shape index (κ1) is 37.4. The molecule has 0 saturated heterocycles. The number of rotatable bonds is 0. The first-order valence-electron chi connectivity index (χ1n) is 8.58. The molecule has 2 unspecified atom stereocenters. The van der Waals surface area contributed by atoms with E-state index in [0.29, 0.717) is 11.8 Å². The van der Waals surface area contributed by atoms with Gasteiger partial charge in [-0.15, -0.1) is 38.7 Å². The van der Waals surface area contributed by atoms with Crippen molar-refractivity contribution < 1.29 is 23.3 Å². The van der Waals surface area contributed by atoms with E-state index in [9.17, 15) is 0 Å². The standard InChI is InChI=1S/2C9H13.2C2H5.2ClH.H2Si.Zr/c2*1-6-5-7(2)9(4)8(6)3;2*1-2;;;;/h2*6H,1-4H3;2*1H2,2H3;2*1H;1H2;/q4*-1;;;;. The van der Waals surface area contributed by atoms with E-state index in [4.69, 9.17) is 0 Å². The van der Waals surface area contributed by atoms with Gasteiger partial charge in [-0.05, 0) is 0 Å². The molecule has 0 bridgehead atoms. The van der Waals surface area contributed by atoms with E-state index in [2.05, 4.69) is 81.4 Å². The summed E-state index contributed by atoms with van der Waals surface area (Å²) < 4.78 is 0. The third kappa shape index (κ3) is 12.9. The summed E-state index contributed by atoms with van der Waals surface area (Å²) in [4.78, 5) is 0. The van der Waals surface area contributed by atoms with Crippen LogP contribution >= 0.6 is 24.8 Å². The normalized spacial score (nSPS) is 19.3. The van der Waals surface area contributed by atoms with Crippen LogP contribution in [0.2, 0.25) is 0 Å². The molecule has 0 aromatic carbocycles. The Kier molecular flexibility index (Phi) is 31.6. The van der Waals surface area contributed by atoms with E-state index >= 15 is 0 Å². The molecule has 0 spiro atoms. The van der Waals surface area contributed by atoms with Crippen molar-refractivity contribution in [3.8, 4) is 0 Å². The van der Waals surface area contributed by atoms with E-state index in [1.165, 1.54) is 33.4 Å². The molecule has 0 saturated carbocycles. The Bertz CT molecular complexity index is 444. The number of halogens is 2. The Balaban J connectivity index is -0.0000000829. The van der Waals surface area contributed by atoms with Crippen molar-refractivity contribution in [2.75, 3.05) is 0 Å². The molecule has 0 radical (unpaired) electrons. The predicted molar refractivity (Wildman–Crippen MR) is 125 cm³/mol. The second-order valence-corrected chi connectivity index (χ2v) is 5.60. The van der Waals surface area contributed by atoms with Crippen LogP contribution < -0.4 is 0 Å². The van der Waals surface area contributed by atoms with E-state index < -0.39 is 0 Å². The fourth-order valence-corrected chi connectivity index (χ4v) is 2.32.